The van der Waals surface area contributed by atoms with Gasteiger partial charge in [0.15, 0.2) is 17.3 Å². The first-order chi connectivity index (χ1) is 16.0. The van der Waals surface area contributed by atoms with E-state index in [9.17, 15) is 18.8 Å². The first-order valence-electron chi connectivity index (χ1n) is 11.0. The molecule has 0 N–H and O–H groups in total. The third kappa shape index (κ3) is 2.42. The Morgan fingerprint density at radius 1 is 0.909 bits per heavy atom. The minimum absolute atomic E-state index is 0.146. The molecule has 0 saturated carbocycles. The molecule has 5 heteroatoms. The molecule has 0 radical (unpaired) electrons. The van der Waals surface area contributed by atoms with E-state index in [2.05, 4.69) is 0 Å². The van der Waals surface area contributed by atoms with Gasteiger partial charge in [0.05, 0.1) is 12.1 Å². The summed E-state index contributed by atoms with van der Waals surface area (Å²) in [6.45, 7) is 1.50. The minimum atomic E-state index is -1.48. The summed E-state index contributed by atoms with van der Waals surface area (Å²) in [5.41, 5.74) is 1.34. The second-order valence-corrected chi connectivity index (χ2v) is 8.93. The number of fused-ring (bicyclic) bond motifs is 5. The third-order valence-corrected chi connectivity index (χ3v) is 7.34. The molecule has 2 aliphatic heterocycles. The van der Waals surface area contributed by atoms with Crippen LogP contribution in [0.4, 0.5) is 10.1 Å². The van der Waals surface area contributed by atoms with E-state index in [1.54, 1.807) is 42.5 Å². The molecule has 1 spiro atoms. The number of carbonyl (C=O) groups excluding carboxylic acids is 3. The van der Waals surface area contributed by atoms with Crippen LogP contribution in [0.25, 0.3) is 6.08 Å². The number of benzene rings is 3. The van der Waals surface area contributed by atoms with Gasteiger partial charge in [0.1, 0.15) is 11.2 Å². The van der Waals surface area contributed by atoms with Crippen molar-refractivity contribution in [2.45, 2.75) is 24.9 Å². The number of hydrogen-bond donors (Lipinski definition) is 0. The maximum atomic E-state index is 14.2. The molecule has 162 valence electrons. The number of rotatable bonds is 2. The van der Waals surface area contributed by atoms with E-state index in [1.807, 2.05) is 35.2 Å². The van der Waals surface area contributed by atoms with Crippen molar-refractivity contribution in [3.05, 3.63) is 107 Å². The molecule has 3 aliphatic rings. The van der Waals surface area contributed by atoms with Gasteiger partial charge in [-0.2, -0.15) is 0 Å². The second-order valence-electron chi connectivity index (χ2n) is 8.93. The van der Waals surface area contributed by atoms with Gasteiger partial charge in [-0.15, -0.1) is 0 Å². The lowest BCUT2D eigenvalue weighted by molar-refractivity contribution is -0.118. The van der Waals surface area contributed by atoms with Crippen LogP contribution < -0.4 is 4.90 Å². The number of halogens is 1. The molecule has 1 saturated heterocycles. The second kappa shape index (κ2) is 6.82. The fraction of sp³-hybridized carbons (Fsp3) is 0.179. The van der Waals surface area contributed by atoms with Gasteiger partial charge >= 0.3 is 0 Å². The van der Waals surface area contributed by atoms with Crippen LogP contribution in [0.2, 0.25) is 0 Å². The molecular formula is C28H20FNO3. The Kier molecular flexibility index (Phi) is 4.09. The summed E-state index contributed by atoms with van der Waals surface area (Å²) in [5, 5.41) is 0. The Morgan fingerprint density at radius 3 is 2.18 bits per heavy atom. The molecule has 4 nitrogen and oxygen atoms in total. The Labute approximate surface area is 190 Å². The van der Waals surface area contributed by atoms with E-state index in [0.717, 1.165) is 5.56 Å². The molecule has 3 atom stereocenters. The lowest BCUT2D eigenvalue weighted by Gasteiger charge is -2.37. The molecule has 3 aromatic carbocycles. The summed E-state index contributed by atoms with van der Waals surface area (Å²) in [4.78, 5) is 43.4. The molecule has 1 aliphatic carbocycles. The predicted octanol–water partition coefficient (Wildman–Crippen LogP) is 4.85. The van der Waals surface area contributed by atoms with Crippen molar-refractivity contribution >= 4 is 29.1 Å². The topological polar surface area (TPSA) is 54.5 Å². The van der Waals surface area contributed by atoms with Crippen molar-refractivity contribution in [2.75, 3.05) is 4.90 Å². The summed E-state index contributed by atoms with van der Waals surface area (Å²) in [7, 11) is 0. The highest BCUT2D eigenvalue weighted by Crippen LogP contribution is 2.60. The van der Waals surface area contributed by atoms with Crippen LogP contribution in [-0.4, -0.2) is 29.4 Å². The third-order valence-electron chi connectivity index (χ3n) is 7.34. The zero-order valence-corrected chi connectivity index (χ0v) is 17.9. The Morgan fingerprint density at radius 2 is 1.55 bits per heavy atom. The monoisotopic (exact) mass is 437 g/mol. The van der Waals surface area contributed by atoms with Gasteiger partial charge in [0.2, 0.25) is 0 Å². The number of carbonyl (C=O) groups is 3. The SMILES string of the molecule is CC(=O)[C@@H]1[C@H](c2ccccc2)C2(C(=O)c3ccccc3C2=O)[C@H]2C=Cc3cc(F)ccc3N12. The van der Waals surface area contributed by atoms with Gasteiger partial charge in [-0.1, -0.05) is 66.7 Å². The average Bonchev–Trinajstić information content (AvgIpc) is 3.26. The molecule has 6 rings (SSSR count). The number of anilines is 1. The maximum absolute atomic E-state index is 14.2. The van der Waals surface area contributed by atoms with E-state index in [-0.39, 0.29) is 23.2 Å². The van der Waals surface area contributed by atoms with Gasteiger partial charge in [0, 0.05) is 28.3 Å². The molecule has 3 aromatic rings. The van der Waals surface area contributed by atoms with Crippen molar-refractivity contribution in [3.63, 3.8) is 0 Å². The number of nitrogens with zero attached hydrogens (tertiary/aromatic N) is 1. The number of ketones is 3. The van der Waals surface area contributed by atoms with Crippen molar-refractivity contribution in [1.29, 1.82) is 0 Å². The number of hydrogen-bond acceptors (Lipinski definition) is 4. The van der Waals surface area contributed by atoms with Crippen LogP contribution in [0.3, 0.4) is 0 Å². The Bertz CT molecular complexity index is 1340. The molecular weight excluding hydrogens is 417 g/mol. The average molecular weight is 437 g/mol. The molecule has 0 aromatic heterocycles. The van der Waals surface area contributed by atoms with Gasteiger partial charge in [0.25, 0.3) is 0 Å². The van der Waals surface area contributed by atoms with Crippen LogP contribution in [0.15, 0.2) is 78.9 Å². The first-order valence-corrected chi connectivity index (χ1v) is 11.0. The lowest BCUT2D eigenvalue weighted by atomic mass is 9.64. The Balaban J connectivity index is 1.68. The smallest absolute Gasteiger partial charge is 0.180 e. The first kappa shape index (κ1) is 19.8. The molecule has 33 heavy (non-hydrogen) atoms. The predicted molar refractivity (Wildman–Crippen MR) is 123 cm³/mol. The van der Waals surface area contributed by atoms with Gasteiger partial charge < -0.3 is 4.90 Å². The van der Waals surface area contributed by atoms with Gasteiger partial charge in [-0.3, -0.25) is 14.4 Å². The summed E-state index contributed by atoms with van der Waals surface area (Å²) in [5.74, 6) is -1.73. The highest BCUT2D eigenvalue weighted by Gasteiger charge is 2.71. The molecule has 0 bridgehead atoms. The fourth-order valence-electron chi connectivity index (χ4n) is 6.13. The molecule has 0 amide bonds. The van der Waals surface area contributed by atoms with E-state index in [4.69, 9.17) is 0 Å². The minimum Gasteiger partial charge on any atom is -0.352 e. The van der Waals surface area contributed by atoms with E-state index < -0.39 is 23.4 Å². The molecule has 0 unspecified atom stereocenters. The van der Waals surface area contributed by atoms with E-state index in [1.165, 1.54) is 19.1 Å². The Hall–Kier alpha value is -3.86. The normalized spacial score (nSPS) is 24.1. The highest BCUT2D eigenvalue weighted by atomic mass is 19.1. The van der Waals surface area contributed by atoms with Crippen LogP contribution in [0.1, 0.15) is 44.7 Å². The van der Waals surface area contributed by atoms with Crippen molar-refractivity contribution in [3.8, 4) is 0 Å². The van der Waals surface area contributed by atoms with Crippen LogP contribution >= 0.6 is 0 Å². The van der Waals surface area contributed by atoms with Crippen molar-refractivity contribution in [2.24, 2.45) is 5.41 Å². The van der Waals surface area contributed by atoms with E-state index >= 15 is 0 Å². The van der Waals surface area contributed by atoms with Crippen LogP contribution in [-0.2, 0) is 4.79 Å². The van der Waals surface area contributed by atoms with Crippen LogP contribution in [0.5, 0.6) is 0 Å². The van der Waals surface area contributed by atoms with Crippen LogP contribution in [0, 0.1) is 11.2 Å². The zero-order valence-electron chi connectivity index (χ0n) is 17.9. The molecule has 2 heterocycles. The quantitative estimate of drug-likeness (QED) is 0.538. The maximum Gasteiger partial charge on any atom is 0.180 e. The lowest BCUT2D eigenvalue weighted by Crippen LogP contribution is -2.48. The standard InChI is InChI=1S/C28H20FNO3/c1-16(31)25-24(17-7-3-2-4-8-17)28(26(32)20-9-5-6-10-21(20)27(28)33)23-14-11-18-15-19(29)12-13-22(18)30(23)25/h2-15,23-25H,1H3/t23-,24+,25-/m1/s1. The largest absolute Gasteiger partial charge is 0.352 e. The van der Waals surface area contributed by atoms with E-state index in [0.29, 0.717) is 22.4 Å². The summed E-state index contributed by atoms with van der Waals surface area (Å²) in [6, 6.07) is 19.2. The van der Waals surface area contributed by atoms with Crippen molar-refractivity contribution in [1.82, 2.24) is 0 Å². The number of Topliss-reactive ketones (excluding diaryl/α,β-unsaturated/α-hetero) is 3. The van der Waals surface area contributed by atoms with Gasteiger partial charge in [-0.25, -0.2) is 4.39 Å². The van der Waals surface area contributed by atoms with Gasteiger partial charge in [-0.05, 0) is 30.7 Å². The fourth-order valence-corrected chi connectivity index (χ4v) is 6.13. The van der Waals surface area contributed by atoms with Crippen molar-refractivity contribution < 1.29 is 18.8 Å². The molecule has 1 fully saturated rings. The zero-order chi connectivity index (χ0) is 22.9. The highest BCUT2D eigenvalue weighted by molar-refractivity contribution is 6.32. The summed E-state index contributed by atoms with van der Waals surface area (Å²) < 4.78 is 14.0. The summed E-state index contributed by atoms with van der Waals surface area (Å²) in [6.07, 6.45) is 3.55. The summed E-state index contributed by atoms with van der Waals surface area (Å²) >= 11 is 0.